The Labute approximate surface area is 124 Å². The number of carbonyl (C=O) groups is 1. The molecular formula is C14H14N4O4. The van der Waals surface area contributed by atoms with E-state index >= 15 is 0 Å². The number of rotatable bonds is 2. The highest BCUT2D eigenvalue weighted by Crippen LogP contribution is 2.28. The minimum absolute atomic E-state index is 0.193. The Morgan fingerprint density at radius 3 is 2.45 bits per heavy atom. The van der Waals surface area contributed by atoms with Crippen LogP contribution in [0.4, 0.5) is 10.6 Å². The van der Waals surface area contributed by atoms with Crippen molar-refractivity contribution in [1.82, 2.24) is 14.9 Å². The maximum atomic E-state index is 12.2. The van der Waals surface area contributed by atoms with Gasteiger partial charge in [-0.25, -0.2) is 9.59 Å². The third-order valence-corrected chi connectivity index (χ3v) is 3.61. The van der Waals surface area contributed by atoms with Crippen LogP contribution in [0.2, 0.25) is 0 Å². The predicted molar refractivity (Wildman–Crippen MR) is 79.3 cm³/mol. The van der Waals surface area contributed by atoms with Gasteiger partial charge in [0.1, 0.15) is 11.6 Å². The summed E-state index contributed by atoms with van der Waals surface area (Å²) in [6.07, 6.45) is 0. The van der Waals surface area contributed by atoms with E-state index in [-0.39, 0.29) is 11.4 Å². The molecule has 0 saturated carbocycles. The number of ether oxygens (including phenoxy) is 1. The number of urea groups is 1. The van der Waals surface area contributed by atoms with Crippen molar-refractivity contribution in [3.63, 3.8) is 0 Å². The number of nitrogens with one attached hydrogen (secondary N) is 3. The Morgan fingerprint density at radius 2 is 1.82 bits per heavy atom. The van der Waals surface area contributed by atoms with Gasteiger partial charge in [0.2, 0.25) is 0 Å². The minimum Gasteiger partial charge on any atom is -0.497 e. The Bertz CT molecular complexity index is 851. The first-order valence-corrected chi connectivity index (χ1v) is 6.56. The van der Waals surface area contributed by atoms with Crippen molar-refractivity contribution in [2.24, 2.45) is 7.05 Å². The van der Waals surface area contributed by atoms with Crippen LogP contribution in [0.25, 0.3) is 0 Å². The van der Waals surface area contributed by atoms with E-state index in [1.807, 2.05) is 0 Å². The summed E-state index contributed by atoms with van der Waals surface area (Å²) in [5, 5.41) is 5.19. The van der Waals surface area contributed by atoms with Crippen LogP contribution in [0.5, 0.6) is 5.75 Å². The molecule has 2 aromatic rings. The van der Waals surface area contributed by atoms with Crippen molar-refractivity contribution in [2.75, 3.05) is 12.4 Å². The fourth-order valence-corrected chi connectivity index (χ4v) is 2.45. The van der Waals surface area contributed by atoms with Crippen LogP contribution in [0, 0.1) is 0 Å². The molecule has 0 saturated heterocycles. The zero-order valence-corrected chi connectivity index (χ0v) is 12.0. The van der Waals surface area contributed by atoms with Gasteiger partial charge in [0.15, 0.2) is 0 Å². The largest absolute Gasteiger partial charge is 0.497 e. The van der Waals surface area contributed by atoms with Gasteiger partial charge in [0, 0.05) is 7.05 Å². The van der Waals surface area contributed by atoms with E-state index in [2.05, 4.69) is 15.6 Å². The quantitative estimate of drug-likeness (QED) is 0.742. The first kappa shape index (κ1) is 13.9. The van der Waals surface area contributed by atoms with Gasteiger partial charge in [-0.1, -0.05) is 12.1 Å². The fraction of sp³-hybridized carbons (Fsp3) is 0.214. The van der Waals surface area contributed by atoms with Crippen molar-refractivity contribution >= 4 is 11.8 Å². The Morgan fingerprint density at radius 1 is 1.14 bits per heavy atom. The van der Waals surface area contributed by atoms with E-state index < -0.39 is 23.3 Å². The minimum atomic E-state index is -0.648. The van der Waals surface area contributed by atoms with E-state index in [0.29, 0.717) is 11.3 Å². The third-order valence-electron chi connectivity index (χ3n) is 3.61. The van der Waals surface area contributed by atoms with E-state index in [1.54, 1.807) is 31.4 Å². The number of aromatic amines is 1. The van der Waals surface area contributed by atoms with Crippen LogP contribution in [-0.2, 0) is 7.05 Å². The molecule has 1 aromatic carbocycles. The SMILES string of the molecule is COc1ccc([C@@H]2NC(=O)Nc3c2c(=O)[nH]c(=O)n3C)cc1. The lowest BCUT2D eigenvalue weighted by Gasteiger charge is -2.27. The lowest BCUT2D eigenvalue weighted by atomic mass is 9.98. The van der Waals surface area contributed by atoms with Gasteiger partial charge >= 0.3 is 11.7 Å². The summed E-state index contributed by atoms with van der Waals surface area (Å²) >= 11 is 0. The molecule has 0 radical (unpaired) electrons. The molecule has 8 nitrogen and oxygen atoms in total. The molecule has 2 heterocycles. The van der Waals surface area contributed by atoms with Gasteiger partial charge in [0.05, 0.1) is 18.7 Å². The molecular weight excluding hydrogens is 288 g/mol. The molecule has 22 heavy (non-hydrogen) atoms. The van der Waals surface area contributed by atoms with E-state index in [9.17, 15) is 14.4 Å². The van der Waals surface area contributed by atoms with Crippen molar-refractivity contribution < 1.29 is 9.53 Å². The second kappa shape index (κ2) is 5.06. The monoisotopic (exact) mass is 302 g/mol. The number of benzene rings is 1. The summed E-state index contributed by atoms with van der Waals surface area (Å²) < 4.78 is 6.29. The molecule has 0 unspecified atom stereocenters. The number of methoxy groups -OCH3 is 1. The number of amides is 2. The molecule has 0 bridgehead atoms. The lowest BCUT2D eigenvalue weighted by molar-refractivity contribution is 0.248. The Balaban J connectivity index is 2.19. The van der Waals surface area contributed by atoms with Gasteiger partial charge in [-0.3, -0.25) is 19.7 Å². The summed E-state index contributed by atoms with van der Waals surface area (Å²) in [6.45, 7) is 0. The molecule has 0 spiro atoms. The van der Waals surface area contributed by atoms with Crippen LogP contribution in [-0.4, -0.2) is 22.7 Å². The van der Waals surface area contributed by atoms with Crippen molar-refractivity contribution in [1.29, 1.82) is 0 Å². The second-order valence-corrected chi connectivity index (χ2v) is 4.89. The standard InChI is InChI=1S/C14H14N4O4/c1-18-11-9(12(19)17-14(18)21)10(15-13(20)16-11)7-3-5-8(22-2)6-4-7/h3-6,10H,1-2H3,(H2,15,16,20)(H,17,19,21)/t10-/m0/s1. The zero-order chi connectivity index (χ0) is 15.9. The Kier molecular flexibility index (Phi) is 3.21. The van der Waals surface area contributed by atoms with Crippen molar-refractivity contribution in [3.05, 3.63) is 56.2 Å². The zero-order valence-electron chi connectivity index (χ0n) is 12.0. The molecule has 1 aromatic heterocycles. The van der Waals surface area contributed by atoms with Crippen molar-refractivity contribution in [3.8, 4) is 5.75 Å². The first-order chi connectivity index (χ1) is 10.5. The summed E-state index contributed by atoms with van der Waals surface area (Å²) in [5.74, 6) is 0.858. The number of hydrogen-bond donors (Lipinski definition) is 3. The molecule has 0 aliphatic carbocycles. The fourth-order valence-electron chi connectivity index (χ4n) is 2.45. The number of fused-ring (bicyclic) bond motifs is 1. The first-order valence-electron chi connectivity index (χ1n) is 6.56. The number of nitrogens with zero attached hydrogens (tertiary/aromatic N) is 1. The smallest absolute Gasteiger partial charge is 0.329 e. The van der Waals surface area contributed by atoms with Crippen LogP contribution >= 0.6 is 0 Å². The maximum absolute atomic E-state index is 12.2. The molecule has 3 N–H and O–H groups in total. The maximum Gasteiger partial charge on any atom is 0.329 e. The summed E-state index contributed by atoms with van der Waals surface area (Å²) in [7, 11) is 3.03. The van der Waals surface area contributed by atoms with Gasteiger partial charge in [-0.2, -0.15) is 0 Å². The van der Waals surface area contributed by atoms with Crippen LogP contribution in [0.3, 0.4) is 0 Å². The number of aromatic nitrogens is 2. The van der Waals surface area contributed by atoms with Crippen LogP contribution in [0.1, 0.15) is 17.2 Å². The average molecular weight is 302 g/mol. The molecule has 3 rings (SSSR count). The molecule has 1 aliphatic rings. The number of anilines is 1. The van der Waals surface area contributed by atoms with Gasteiger partial charge < -0.3 is 10.1 Å². The topological polar surface area (TPSA) is 105 Å². The highest BCUT2D eigenvalue weighted by atomic mass is 16.5. The summed E-state index contributed by atoms with van der Waals surface area (Å²) in [6, 6.07) is 5.85. The van der Waals surface area contributed by atoms with Gasteiger partial charge in [-0.15, -0.1) is 0 Å². The third kappa shape index (κ3) is 2.14. The molecule has 1 atom stereocenters. The van der Waals surface area contributed by atoms with E-state index in [4.69, 9.17) is 4.74 Å². The highest BCUT2D eigenvalue weighted by molar-refractivity contribution is 5.92. The Hall–Kier alpha value is -3.03. The highest BCUT2D eigenvalue weighted by Gasteiger charge is 2.30. The van der Waals surface area contributed by atoms with Crippen LogP contribution in [0.15, 0.2) is 33.9 Å². The average Bonchev–Trinajstić information content (AvgIpc) is 2.52. The van der Waals surface area contributed by atoms with E-state index in [0.717, 1.165) is 0 Å². The molecule has 0 fully saturated rings. The number of H-pyrrole nitrogens is 1. The second-order valence-electron chi connectivity index (χ2n) is 4.89. The summed E-state index contributed by atoms with van der Waals surface area (Å²) in [4.78, 5) is 37.9. The predicted octanol–water partition coefficient (Wildman–Crippen LogP) is 0.307. The lowest BCUT2D eigenvalue weighted by Crippen LogP contribution is -2.46. The van der Waals surface area contributed by atoms with Crippen molar-refractivity contribution in [2.45, 2.75) is 6.04 Å². The van der Waals surface area contributed by atoms with Gasteiger partial charge in [0.25, 0.3) is 5.56 Å². The molecule has 114 valence electrons. The number of carbonyl (C=O) groups excluding carboxylic acids is 1. The molecule has 8 heteroatoms. The molecule has 1 aliphatic heterocycles. The van der Waals surface area contributed by atoms with Gasteiger partial charge in [-0.05, 0) is 17.7 Å². The number of hydrogen-bond acceptors (Lipinski definition) is 4. The van der Waals surface area contributed by atoms with Crippen LogP contribution < -0.4 is 26.6 Å². The summed E-state index contributed by atoms with van der Waals surface area (Å²) in [5.41, 5.74) is -0.126. The van der Waals surface area contributed by atoms with E-state index in [1.165, 1.54) is 11.6 Å². The molecule has 2 amide bonds. The normalized spacial score (nSPS) is 16.5.